The minimum absolute atomic E-state index is 0.0724. The van der Waals surface area contributed by atoms with Crippen molar-refractivity contribution in [3.05, 3.63) is 22.7 Å². The van der Waals surface area contributed by atoms with Crippen molar-refractivity contribution in [3.8, 4) is 0 Å². The highest BCUT2D eigenvalue weighted by molar-refractivity contribution is 7.71. The van der Waals surface area contributed by atoms with Crippen LogP contribution in [-0.2, 0) is 4.74 Å². The van der Waals surface area contributed by atoms with Crippen LogP contribution in [-0.4, -0.2) is 17.1 Å². The van der Waals surface area contributed by atoms with E-state index in [9.17, 15) is 0 Å². The Hall–Kier alpha value is -0.740. The number of rotatable bonds is 3. The summed E-state index contributed by atoms with van der Waals surface area (Å²) in [4.78, 5) is 7.47. The van der Waals surface area contributed by atoms with Crippen molar-refractivity contribution in [1.29, 1.82) is 0 Å². The molecule has 1 aromatic heterocycles. The lowest BCUT2D eigenvalue weighted by Gasteiger charge is -2.28. The third-order valence-electron chi connectivity index (χ3n) is 3.29. The maximum absolute atomic E-state index is 5.59. The van der Waals surface area contributed by atoms with Gasteiger partial charge in [-0.1, -0.05) is 31.5 Å². The van der Waals surface area contributed by atoms with Crippen molar-refractivity contribution in [2.75, 3.05) is 7.11 Å². The second kappa shape index (κ2) is 5.55. The van der Waals surface area contributed by atoms with Crippen LogP contribution in [0.5, 0.6) is 0 Å². The Morgan fingerprint density at radius 2 is 2.19 bits per heavy atom. The minimum Gasteiger partial charge on any atom is -0.373 e. The number of hydrogen-bond donors (Lipinski definition) is 1. The predicted molar refractivity (Wildman–Crippen MR) is 65.7 cm³/mol. The number of nitrogens with zero attached hydrogens (tertiary/aromatic N) is 1. The molecular weight excluding hydrogens is 220 g/mol. The number of hydrogen-bond acceptors (Lipinski definition) is 3. The molecule has 1 saturated carbocycles. The lowest BCUT2D eigenvalue weighted by molar-refractivity contribution is 0.0288. The minimum atomic E-state index is 0.0724. The van der Waals surface area contributed by atoms with Crippen LogP contribution in [0.1, 0.15) is 44.0 Å². The Morgan fingerprint density at radius 3 is 2.81 bits per heavy atom. The predicted octanol–water partition coefficient (Wildman–Crippen LogP) is 3.41. The molecule has 1 atom stereocenters. The number of nitrogens with one attached hydrogen (secondary N) is 1. The van der Waals surface area contributed by atoms with Gasteiger partial charge in [0.1, 0.15) is 16.6 Å². The van der Waals surface area contributed by atoms with Crippen LogP contribution in [0, 0.1) is 10.6 Å². The molecule has 0 amide bonds. The van der Waals surface area contributed by atoms with Gasteiger partial charge in [0.2, 0.25) is 0 Å². The van der Waals surface area contributed by atoms with E-state index >= 15 is 0 Å². The van der Waals surface area contributed by atoms with Gasteiger partial charge in [0, 0.05) is 13.3 Å². The second-order valence-corrected chi connectivity index (χ2v) is 4.81. The van der Waals surface area contributed by atoms with E-state index in [1.807, 2.05) is 0 Å². The van der Waals surface area contributed by atoms with Crippen molar-refractivity contribution < 1.29 is 4.74 Å². The van der Waals surface area contributed by atoms with E-state index in [1.165, 1.54) is 32.1 Å². The SMILES string of the molecule is COC(c1nccc(=S)[nH]1)C1CCCCC1. The third kappa shape index (κ3) is 2.68. The van der Waals surface area contributed by atoms with Crippen LogP contribution in [0.4, 0.5) is 0 Å². The molecule has 0 aromatic carbocycles. The molecule has 1 aliphatic carbocycles. The van der Waals surface area contributed by atoms with E-state index in [2.05, 4.69) is 9.97 Å². The standard InChI is InChI=1S/C12H18N2OS/c1-15-11(9-5-3-2-4-6-9)12-13-8-7-10(16)14-12/h7-9,11H,2-6H2,1H3,(H,13,14,16). The average Bonchev–Trinajstić information content (AvgIpc) is 2.31. The molecule has 88 valence electrons. The van der Waals surface area contributed by atoms with Crippen LogP contribution in [0.3, 0.4) is 0 Å². The molecule has 1 N–H and O–H groups in total. The van der Waals surface area contributed by atoms with Crippen molar-refractivity contribution >= 4 is 12.2 Å². The van der Waals surface area contributed by atoms with E-state index < -0.39 is 0 Å². The van der Waals surface area contributed by atoms with Gasteiger partial charge in [-0.25, -0.2) is 4.98 Å². The topological polar surface area (TPSA) is 37.9 Å². The summed E-state index contributed by atoms with van der Waals surface area (Å²) in [5.74, 6) is 1.46. The summed E-state index contributed by atoms with van der Waals surface area (Å²) in [7, 11) is 1.75. The van der Waals surface area contributed by atoms with E-state index in [4.69, 9.17) is 17.0 Å². The Balaban J connectivity index is 2.17. The highest BCUT2D eigenvalue weighted by Gasteiger charge is 2.26. The molecule has 0 aliphatic heterocycles. The van der Waals surface area contributed by atoms with Gasteiger partial charge in [-0.15, -0.1) is 0 Å². The summed E-state index contributed by atoms with van der Waals surface area (Å²) >= 11 is 5.12. The van der Waals surface area contributed by atoms with Gasteiger partial charge in [-0.2, -0.15) is 0 Å². The molecule has 0 radical (unpaired) electrons. The molecule has 4 heteroatoms. The first-order valence-corrected chi connectivity index (χ1v) is 6.30. The number of aromatic amines is 1. The Labute approximate surface area is 101 Å². The molecular formula is C12H18N2OS. The van der Waals surface area contributed by atoms with Crippen LogP contribution in [0.2, 0.25) is 0 Å². The van der Waals surface area contributed by atoms with Crippen molar-refractivity contribution in [1.82, 2.24) is 9.97 Å². The first kappa shape index (κ1) is 11.7. The zero-order valence-electron chi connectivity index (χ0n) is 9.61. The fraction of sp³-hybridized carbons (Fsp3) is 0.667. The van der Waals surface area contributed by atoms with Crippen LogP contribution < -0.4 is 0 Å². The first-order valence-electron chi connectivity index (χ1n) is 5.89. The molecule has 1 heterocycles. The smallest absolute Gasteiger partial charge is 0.136 e. The van der Waals surface area contributed by atoms with Crippen molar-refractivity contribution in [2.45, 2.75) is 38.2 Å². The zero-order valence-corrected chi connectivity index (χ0v) is 10.4. The van der Waals surface area contributed by atoms with Crippen molar-refractivity contribution in [3.63, 3.8) is 0 Å². The molecule has 0 saturated heterocycles. The van der Waals surface area contributed by atoms with Gasteiger partial charge in [0.15, 0.2) is 0 Å². The first-order chi connectivity index (χ1) is 7.81. The maximum Gasteiger partial charge on any atom is 0.136 e. The number of methoxy groups -OCH3 is 1. The highest BCUT2D eigenvalue weighted by atomic mass is 32.1. The highest BCUT2D eigenvalue weighted by Crippen LogP contribution is 2.34. The van der Waals surface area contributed by atoms with Crippen LogP contribution in [0.25, 0.3) is 0 Å². The lowest BCUT2D eigenvalue weighted by Crippen LogP contribution is -2.20. The lowest BCUT2D eigenvalue weighted by atomic mass is 9.85. The average molecular weight is 238 g/mol. The molecule has 0 spiro atoms. The quantitative estimate of drug-likeness (QED) is 0.820. The van der Waals surface area contributed by atoms with E-state index in [1.54, 1.807) is 19.4 Å². The fourth-order valence-electron chi connectivity index (χ4n) is 2.49. The summed E-state index contributed by atoms with van der Waals surface area (Å²) in [6.45, 7) is 0. The molecule has 1 aromatic rings. The van der Waals surface area contributed by atoms with Gasteiger partial charge in [0.25, 0.3) is 0 Å². The van der Waals surface area contributed by atoms with E-state index in [0.29, 0.717) is 5.92 Å². The van der Waals surface area contributed by atoms with Crippen LogP contribution in [0.15, 0.2) is 12.3 Å². The van der Waals surface area contributed by atoms with Gasteiger partial charge in [0.05, 0.1) is 0 Å². The summed E-state index contributed by atoms with van der Waals surface area (Å²) < 4.78 is 6.32. The van der Waals surface area contributed by atoms with Gasteiger partial charge in [-0.05, 0) is 24.8 Å². The van der Waals surface area contributed by atoms with Crippen molar-refractivity contribution in [2.24, 2.45) is 5.92 Å². The Bertz CT molecular complexity index is 385. The molecule has 2 rings (SSSR count). The number of ether oxygens (including phenoxy) is 1. The summed E-state index contributed by atoms with van der Waals surface area (Å²) in [6.07, 6.45) is 8.25. The zero-order chi connectivity index (χ0) is 11.4. The second-order valence-electron chi connectivity index (χ2n) is 4.37. The largest absolute Gasteiger partial charge is 0.373 e. The molecule has 1 fully saturated rings. The Kier molecular flexibility index (Phi) is 4.07. The molecule has 3 nitrogen and oxygen atoms in total. The van der Waals surface area contributed by atoms with Gasteiger partial charge >= 0.3 is 0 Å². The number of H-pyrrole nitrogens is 1. The maximum atomic E-state index is 5.59. The molecule has 16 heavy (non-hydrogen) atoms. The van der Waals surface area contributed by atoms with Gasteiger partial charge in [-0.3, -0.25) is 0 Å². The van der Waals surface area contributed by atoms with E-state index in [0.717, 1.165) is 10.5 Å². The third-order valence-corrected chi connectivity index (χ3v) is 3.53. The van der Waals surface area contributed by atoms with Crippen LogP contribution >= 0.6 is 12.2 Å². The number of aromatic nitrogens is 2. The van der Waals surface area contributed by atoms with Gasteiger partial charge < -0.3 is 9.72 Å². The molecule has 1 aliphatic rings. The monoisotopic (exact) mass is 238 g/mol. The molecule has 0 bridgehead atoms. The summed E-state index contributed by atoms with van der Waals surface area (Å²) in [5.41, 5.74) is 0. The Morgan fingerprint density at radius 1 is 1.44 bits per heavy atom. The van der Waals surface area contributed by atoms with E-state index in [-0.39, 0.29) is 6.10 Å². The summed E-state index contributed by atoms with van der Waals surface area (Å²) in [6, 6.07) is 1.80. The summed E-state index contributed by atoms with van der Waals surface area (Å²) in [5, 5.41) is 0. The normalized spacial score (nSPS) is 19.6. The fourth-order valence-corrected chi connectivity index (χ4v) is 2.66. The molecule has 1 unspecified atom stereocenters.